The Morgan fingerprint density at radius 1 is 1.32 bits per heavy atom. The minimum Gasteiger partial charge on any atom is -0.469 e. The van der Waals surface area contributed by atoms with Crippen molar-refractivity contribution in [1.29, 1.82) is 0 Å². The van der Waals surface area contributed by atoms with E-state index in [4.69, 9.17) is 9.41 Å². The molecule has 28 heavy (non-hydrogen) atoms. The predicted molar refractivity (Wildman–Crippen MR) is 124 cm³/mol. The number of nitrogens with one attached hydrogen (secondary N) is 2. The van der Waals surface area contributed by atoms with Crippen molar-refractivity contribution < 1.29 is 9.21 Å². The van der Waals surface area contributed by atoms with Crippen molar-refractivity contribution in [3.05, 3.63) is 46.5 Å². The van der Waals surface area contributed by atoms with Gasteiger partial charge in [0.05, 0.1) is 12.8 Å². The minimum atomic E-state index is 0. The molecule has 8 heteroatoms. The van der Waals surface area contributed by atoms with Crippen molar-refractivity contribution in [2.45, 2.75) is 32.2 Å². The number of carbonyl (C=O) groups is 1. The zero-order chi connectivity index (χ0) is 18.9. The smallest absolute Gasteiger partial charge is 0.220 e. The second kappa shape index (κ2) is 12.1. The van der Waals surface area contributed by atoms with Gasteiger partial charge in [0.2, 0.25) is 5.91 Å². The molecule has 1 fully saturated rings. The first-order valence-corrected chi connectivity index (χ1v) is 10.4. The number of hydrogen-bond donors (Lipinski definition) is 2. The number of halogens is 1. The zero-order valence-corrected chi connectivity index (χ0v) is 19.4. The van der Waals surface area contributed by atoms with E-state index in [1.807, 2.05) is 12.1 Å². The third-order valence-electron chi connectivity index (χ3n) is 4.87. The monoisotopic (exact) mass is 516 g/mol. The van der Waals surface area contributed by atoms with Crippen LogP contribution in [-0.2, 0) is 17.8 Å². The molecule has 2 N–H and O–H groups in total. The highest BCUT2D eigenvalue weighted by atomic mass is 127. The summed E-state index contributed by atoms with van der Waals surface area (Å²) in [7, 11) is 1.70. The summed E-state index contributed by atoms with van der Waals surface area (Å²) in [5.41, 5.74) is 0. The lowest BCUT2D eigenvalue weighted by Crippen LogP contribution is -2.46. The highest BCUT2D eigenvalue weighted by Crippen LogP contribution is 2.21. The second-order valence-electron chi connectivity index (χ2n) is 6.78. The maximum absolute atomic E-state index is 11.6. The molecule has 0 saturated carbocycles. The van der Waals surface area contributed by atoms with Crippen LogP contribution in [0.3, 0.4) is 0 Å². The number of piperidine rings is 1. The van der Waals surface area contributed by atoms with Gasteiger partial charge in [-0.15, -0.1) is 35.3 Å². The topological polar surface area (TPSA) is 69.9 Å². The van der Waals surface area contributed by atoms with E-state index in [0.717, 1.165) is 50.6 Å². The molecule has 3 heterocycles. The van der Waals surface area contributed by atoms with Gasteiger partial charge in [0.1, 0.15) is 5.76 Å². The van der Waals surface area contributed by atoms with Gasteiger partial charge in [0, 0.05) is 44.4 Å². The van der Waals surface area contributed by atoms with E-state index in [1.165, 1.54) is 4.88 Å². The number of nitrogens with zero attached hydrogens (tertiary/aromatic N) is 2. The summed E-state index contributed by atoms with van der Waals surface area (Å²) in [5.74, 6) is 2.53. The molecule has 1 saturated heterocycles. The van der Waals surface area contributed by atoms with Crippen LogP contribution in [0.15, 0.2) is 45.3 Å². The molecule has 0 aromatic carbocycles. The van der Waals surface area contributed by atoms with Gasteiger partial charge in [-0.05, 0) is 42.3 Å². The SMILES string of the molecule is CNC(=O)CC1CCN(C(=NCc2cccs2)NCCc2ccco2)CC1.I. The predicted octanol–water partition coefficient (Wildman–Crippen LogP) is 3.50. The van der Waals surface area contributed by atoms with Gasteiger partial charge in [-0.1, -0.05) is 6.07 Å². The van der Waals surface area contributed by atoms with Crippen LogP contribution in [0.4, 0.5) is 0 Å². The largest absolute Gasteiger partial charge is 0.469 e. The van der Waals surface area contributed by atoms with Gasteiger partial charge < -0.3 is 20.0 Å². The average molecular weight is 516 g/mol. The number of rotatable bonds is 7. The number of hydrogen-bond acceptors (Lipinski definition) is 4. The summed E-state index contributed by atoms with van der Waals surface area (Å²) in [6.45, 7) is 3.34. The normalized spacial score (nSPS) is 15.2. The third kappa shape index (κ3) is 7.12. The molecule has 0 aliphatic carbocycles. The second-order valence-corrected chi connectivity index (χ2v) is 7.82. The van der Waals surface area contributed by atoms with E-state index < -0.39 is 0 Å². The third-order valence-corrected chi connectivity index (χ3v) is 5.73. The number of amides is 1. The fourth-order valence-corrected chi connectivity index (χ4v) is 3.92. The lowest BCUT2D eigenvalue weighted by Gasteiger charge is -2.34. The highest BCUT2D eigenvalue weighted by molar-refractivity contribution is 14.0. The van der Waals surface area contributed by atoms with Crippen LogP contribution in [0.2, 0.25) is 0 Å². The molecule has 6 nitrogen and oxygen atoms in total. The number of aliphatic imine (C=N–C) groups is 1. The van der Waals surface area contributed by atoms with E-state index in [2.05, 4.69) is 33.0 Å². The molecule has 154 valence electrons. The summed E-state index contributed by atoms with van der Waals surface area (Å²) in [6.07, 6.45) is 5.20. The molecule has 2 aromatic rings. The summed E-state index contributed by atoms with van der Waals surface area (Å²) < 4.78 is 5.41. The summed E-state index contributed by atoms with van der Waals surface area (Å²) in [6, 6.07) is 8.08. The quantitative estimate of drug-likeness (QED) is 0.336. The molecule has 1 aliphatic rings. The standard InChI is InChI=1S/C20H28N4O2S.HI/c1-21-19(25)14-16-7-10-24(11-8-16)20(23-15-18-5-3-13-27-18)22-9-6-17-4-2-12-26-17;/h2-5,12-13,16H,6-11,14-15H2,1H3,(H,21,25)(H,22,23);1H. The molecular weight excluding hydrogens is 487 g/mol. The van der Waals surface area contributed by atoms with Crippen molar-refractivity contribution in [3.8, 4) is 0 Å². The fourth-order valence-electron chi connectivity index (χ4n) is 3.29. The molecule has 1 aliphatic heterocycles. The Kier molecular flexibility index (Phi) is 9.83. The first-order valence-electron chi connectivity index (χ1n) is 9.53. The van der Waals surface area contributed by atoms with E-state index in [0.29, 0.717) is 18.9 Å². The summed E-state index contributed by atoms with van der Waals surface area (Å²) in [4.78, 5) is 20.0. The van der Waals surface area contributed by atoms with E-state index in [9.17, 15) is 4.79 Å². The summed E-state index contributed by atoms with van der Waals surface area (Å²) >= 11 is 1.73. The number of guanidine groups is 1. The van der Waals surface area contributed by atoms with Crippen LogP contribution in [0.1, 0.15) is 29.9 Å². The first kappa shape index (κ1) is 22.7. The Bertz CT molecular complexity index is 711. The average Bonchev–Trinajstić information content (AvgIpc) is 3.39. The number of thiophene rings is 1. The van der Waals surface area contributed by atoms with Gasteiger partial charge >= 0.3 is 0 Å². The number of carbonyl (C=O) groups excluding carboxylic acids is 1. The van der Waals surface area contributed by atoms with Crippen LogP contribution < -0.4 is 10.6 Å². The molecule has 0 radical (unpaired) electrons. The number of furan rings is 1. The van der Waals surface area contributed by atoms with E-state index >= 15 is 0 Å². The molecular formula is C20H29IN4O2S. The van der Waals surface area contributed by atoms with Crippen LogP contribution in [0.5, 0.6) is 0 Å². The Balaban J connectivity index is 0.00000280. The zero-order valence-electron chi connectivity index (χ0n) is 16.2. The number of likely N-dealkylation sites (tertiary alicyclic amines) is 1. The molecule has 2 aromatic heterocycles. The van der Waals surface area contributed by atoms with Crippen molar-refractivity contribution in [3.63, 3.8) is 0 Å². The highest BCUT2D eigenvalue weighted by Gasteiger charge is 2.23. The maximum Gasteiger partial charge on any atom is 0.220 e. The Labute approximate surface area is 187 Å². The van der Waals surface area contributed by atoms with Crippen molar-refractivity contribution >= 4 is 47.2 Å². The van der Waals surface area contributed by atoms with Gasteiger partial charge in [0.15, 0.2) is 5.96 Å². The first-order chi connectivity index (χ1) is 13.2. The Morgan fingerprint density at radius 2 is 2.14 bits per heavy atom. The van der Waals surface area contributed by atoms with E-state index in [1.54, 1.807) is 24.6 Å². The molecule has 0 spiro atoms. The lowest BCUT2D eigenvalue weighted by atomic mass is 9.93. The minimum absolute atomic E-state index is 0. The molecule has 0 bridgehead atoms. The summed E-state index contributed by atoms with van der Waals surface area (Å²) in [5, 5.41) is 8.31. The van der Waals surface area contributed by atoms with Crippen LogP contribution >= 0.6 is 35.3 Å². The van der Waals surface area contributed by atoms with Gasteiger partial charge in [-0.3, -0.25) is 4.79 Å². The van der Waals surface area contributed by atoms with Crippen molar-refractivity contribution in [2.75, 3.05) is 26.7 Å². The van der Waals surface area contributed by atoms with Crippen molar-refractivity contribution in [2.24, 2.45) is 10.9 Å². The maximum atomic E-state index is 11.6. The lowest BCUT2D eigenvalue weighted by molar-refractivity contribution is -0.121. The molecule has 1 amide bonds. The Morgan fingerprint density at radius 3 is 2.79 bits per heavy atom. The fraction of sp³-hybridized carbons (Fsp3) is 0.500. The van der Waals surface area contributed by atoms with Gasteiger partial charge in [-0.2, -0.15) is 0 Å². The van der Waals surface area contributed by atoms with Crippen LogP contribution in [-0.4, -0.2) is 43.4 Å². The molecule has 3 rings (SSSR count). The van der Waals surface area contributed by atoms with Crippen LogP contribution in [0, 0.1) is 5.92 Å². The van der Waals surface area contributed by atoms with E-state index in [-0.39, 0.29) is 29.9 Å². The van der Waals surface area contributed by atoms with Gasteiger partial charge in [-0.25, -0.2) is 4.99 Å². The van der Waals surface area contributed by atoms with Gasteiger partial charge in [0.25, 0.3) is 0 Å². The van der Waals surface area contributed by atoms with Crippen molar-refractivity contribution in [1.82, 2.24) is 15.5 Å². The molecule has 0 unspecified atom stereocenters. The molecule has 0 atom stereocenters. The van der Waals surface area contributed by atoms with Crippen LogP contribution in [0.25, 0.3) is 0 Å². The Hall–Kier alpha value is -1.55.